The van der Waals surface area contributed by atoms with E-state index in [4.69, 9.17) is 5.73 Å². The Morgan fingerprint density at radius 2 is 2.07 bits per heavy atom. The summed E-state index contributed by atoms with van der Waals surface area (Å²) in [5.74, 6) is 0.685. The van der Waals surface area contributed by atoms with Gasteiger partial charge >= 0.3 is 0 Å². The second kappa shape index (κ2) is 4.65. The molecule has 2 rings (SSSR count). The molecular formula is C13H20N2. The first-order valence-corrected chi connectivity index (χ1v) is 6.05. The van der Waals surface area contributed by atoms with E-state index in [1.807, 2.05) is 6.20 Å². The lowest BCUT2D eigenvalue weighted by atomic mass is 9.86. The predicted octanol–water partition coefficient (Wildman–Crippen LogP) is 3.27. The summed E-state index contributed by atoms with van der Waals surface area (Å²) in [6, 6.07) is 2.21. The second-order valence-electron chi connectivity index (χ2n) is 4.50. The van der Waals surface area contributed by atoms with Crippen molar-refractivity contribution >= 4 is 5.69 Å². The van der Waals surface area contributed by atoms with Crippen molar-refractivity contribution in [1.82, 2.24) is 4.98 Å². The molecule has 1 saturated carbocycles. The highest BCUT2D eigenvalue weighted by Crippen LogP contribution is 2.32. The average molecular weight is 204 g/mol. The molecule has 2 nitrogen and oxygen atoms in total. The molecule has 0 unspecified atom stereocenters. The van der Waals surface area contributed by atoms with Crippen LogP contribution in [0.2, 0.25) is 0 Å². The smallest absolute Gasteiger partial charge is 0.0533 e. The first-order valence-electron chi connectivity index (χ1n) is 6.05. The van der Waals surface area contributed by atoms with Crippen LogP contribution in [-0.2, 0) is 6.42 Å². The molecule has 2 heteroatoms. The largest absolute Gasteiger partial charge is 0.397 e. The summed E-state index contributed by atoms with van der Waals surface area (Å²) in [5, 5.41) is 0. The average Bonchev–Trinajstić information content (AvgIpc) is 2.31. The molecule has 2 N–H and O–H groups in total. The quantitative estimate of drug-likeness (QED) is 0.803. The lowest BCUT2D eigenvalue weighted by molar-refractivity contribution is 0.436. The van der Waals surface area contributed by atoms with E-state index in [-0.39, 0.29) is 0 Å². The standard InChI is InChI=1S/C13H20N2/c1-2-10-8-13(15-9-12(10)14)11-6-4-3-5-7-11/h8-9,11H,2-7,14H2,1H3. The minimum atomic E-state index is 0.685. The van der Waals surface area contributed by atoms with Gasteiger partial charge in [0, 0.05) is 11.6 Å². The third kappa shape index (κ3) is 2.31. The van der Waals surface area contributed by atoms with Crippen LogP contribution in [0.3, 0.4) is 0 Å². The van der Waals surface area contributed by atoms with Crippen LogP contribution in [0.1, 0.15) is 56.2 Å². The molecule has 82 valence electrons. The maximum atomic E-state index is 5.87. The molecule has 0 bridgehead atoms. The molecule has 0 aliphatic heterocycles. The van der Waals surface area contributed by atoms with E-state index in [2.05, 4.69) is 18.0 Å². The van der Waals surface area contributed by atoms with Crippen molar-refractivity contribution in [2.45, 2.75) is 51.4 Å². The van der Waals surface area contributed by atoms with Crippen LogP contribution in [0.5, 0.6) is 0 Å². The van der Waals surface area contributed by atoms with Crippen molar-refractivity contribution in [3.63, 3.8) is 0 Å². The van der Waals surface area contributed by atoms with Gasteiger partial charge in [-0.15, -0.1) is 0 Å². The SMILES string of the molecule is CCc1cc(C2CCCCC2)ncc1N. The maximum Gasteiger partial charge on any atom is 0.0533 e. The third-order valence-electron chi connectivity index (χ3n) is 3.45. The number of nitrogens with two attached hydrogens (primary N) is 1. The Labute approximate surface area is 91.9 Å². The van der Waals surface area contributed by atoms with Gasteiger partial charge in [-0.2, -0.15) is 0 Å². The Morgan fingerprint density at radius 3 is 2.73 bits per heavy atom. The van der Waals surface area contributed by atoms with Crippen LogP contribution in [0.25, 0.3) is 0 Å². The monoisotopic (exact) mass is 204 g/mol. The van der Waals surface area contributed by atoms with Gasteiger partial charge in [0.1, 0.15) is 0 Å². The molecule has 15 heavy (non-hydrogen) atoms. The van der Waals surface area contributed by atoms with Crippen LogP contribution in [0.4, 0.5) is 5.69 Å². The molecule has 0 aromatic carbocycles. The number of rotatable bonds is 2. The van der Waals surface area contributed by atoms with Gasteiger partial charge in [-0.05, 0) is 30.9 Å². The number of aromatic nitrogens is 1. The van der Waals surface area contributed by atoms with E-state index in [1.165, 1.54) is 43.4 Å². The van der Waals surface area contributed by atoms with Gasteiger partial charge in [0.05, 0.1) is 11.9 Å². The van der Waals surface area contributed by atoms with Gasteiger partial charge in [-0.3, -0.25) is 4.98 Å². The second-order valence-corrected chi connectivity index (χ2v) is 4.50. The molecule has 1 aliphatic rings. The van der Waals surface area contributed by atoms with Crippen molar-refractivity contribution in [2.24, 2.45) is 0 Å². The number of nitrogen functional groups attached to an aromatic ring is 1. The molecule has 0 saturated heterocycles. The van der Waals surface area contributed by atoms with Crippen molar-refractivity contribution < 1.29 is 0 Å². The van der Waals surface area contributed by atoms with E-state index in [9.17, 15) is 0 Å². The summed E-state index contributed by atoms with van der Waals surface area (Å²) in [5.41, 5.74) is 9.23. The summed E-state index contributed by atoms with van der Waals surface area (Å²) in [4.78, 5) is 4.49. The number of anilines is 1. The predicted molar refractivity (Wildman–Crippen MR) is 63.9 cm³/mol. The maximum absolute atomic E-state index is 5.87. The van der Waals surface area contributed by atoms with Crippen molar-refractivity contribution in [1.29, 1.82) is 0 Å². The molecule has 0 atom stereocenters. The fourth-order valence-corrected chi connectivity index (χ4v) is 2.45. The van der Waals surface area contributed by atoms with Crippen molar-refractivity contribution in [3.05, 3.63) is 23.5 Å². The molecule has 0 amide bonds. The molecule has 0 radical (unpaired) electrons. The van der Waals surface area contributed by atoms with Gasteiger partial charge < -0.3 is 5.73 Å². The zero-order chi connectivity index (χ0) is 10.7. The fourth-order valence-electron chi connectivity index (χ4n) is 2.45. The fraction of sp³-hybridized carbons (Fsp3) is 0.615. The normalized spacial score (nSPS) is 17.9. The molecular weight excluding hydrogens is 184 g/mol. The first kappa shape index (κ1) is 10.5. The Bertz CT molecular complexity index is 327. The van der Waals surface area contributed by atoms with Crippen LogP contribution in [-0.4, -0.2) is 4.98 Å². The van der Waals surface area contributed by atoms with E-state index in [0.29, 0.717) is 5.92 Å². The minimum absolute atomic E-state index is 0.685. The lowest BCUT2D eigenvalue weighted by Gasteiger charge is -2.21. The Balaban J connectivity index is 2.20. The number of hydrogen-bond acceptors (Lipinski definition) is 2. The van der Waals surface area contributed by atoms with E-state index in [0.717, 1.165) is 12.1 Å². The summed E-state index contributed by atoms with van der Waals surface area (Å²) < 4.78 is 0. The number of hydrogen-bond donors (Lipinski definition) is 1. The van der Waals surface area contributed by atoms with Crippen molar-refractivity contribution in [2.75, 3.05) is 5.73 Å². The lowest BCUT2D eigenvalue weighted by Crippen LogP contribution is -2.08. The first-order chi connectivity index (χ1) is 7.31. The summed E-state index contributed by atoms with van der Waals surface area (Å²) in [6.45, 7) is 2.15. The van der Waals surface area contributed by atoms with E-state index < -0.39 is 0 Å². The summed E-state index contributed by atoms with van der Waals surface area (Å²) in [6.07, 6.45) is 9.57. The van der Waals surface area contributed by atoms with Crippen LogP contribution < -0.4 is 5.73 Å². The Kier molecular flexibility index (Phi) is 3.24. The highest BCUT2D eigenvalue weighted by atomic mass is 14.7. The highest BCUT2D eigenvalue weighted by molar-refractivity contribution is 5.45. The number of pyridine rings is 1. The van der Waals surface area contributed by atoms with Crippen LogP contribution >= 0.6 is 0 Å². The van der Waals surface area contributed by atoms with Gasteiger partial charge in [0.15, 0.2) is 0 Å². The zero-order valence-corrected chi connectivity index (χ0v) is 9.50. The van der Waals surface area contributed by atoms with Gasteiger partial charge in [0.2, 0.25) is 0 Å². The van der Waals surface area contributed by atoms with E-state index in [1.54, 1.807) is 0 Å². The van der Waals surface area contributed by atoms with Gasteiger partial charge in [0.25, 0.3) is 0 Å². The Morgan fingerprint density at radius 1 is 1.33 bits per heavy atom. The third-order valence-corrected chi connectivity index (χ3v) is 3.45. The number of aryl methyl sites for hydroxylation is 1. The topological polar surface area (TPSA) is 38.9 Å². The summed E-state index contributed by atoms with van der Waals surface area (Å²) >= 11 is 0. The zero-order valence-electron chi connectivity index (χ0n) is 9.50. The molecule has 1 aromatic rings. The minimum Gasteiger partial charge on any atom is -0.397 e. The van der Waals surface area contributed by atoms with E-state index >= 15 is 0 Å². The van der Waals surface area contributed by atoms with Gasteiger partial charge in [-0.1, -0.05) is 26.2 Å². The highest BCUT2D eigenvalue weighted by Gasteiger charge is 2.17. The number of nitrogens with zero attached hydrogens (tertiary/aromatic N) is 1. The van der Waals surface area contributed by atoms with Crippen LogP contribution in [0.15, 0.2) is 12.3 Å². The van der Waals surface area contributed by atoms with Crippen molar-refractivity contribution in [3.8, 4) is 0 Å². The summed E-state index contributed by atoms with van der Waals surface area (Å²) in [7, 11) is 0. The molecule has 1 aliphatic carbocycles. The molecule has 0 spiro atoms. The molecule has 1 heterocycles. The van der Waals surface area contributed by atoms with Gasteiger partial charge in [-0.25, -0.2) is 0 Å². The molecule has 1 fully saturated rings. The Hall–Kier alpha value is -1.05. The van der Waals surface area contributed by atoms with Crippen LogP contribution in [0, 0.1) is 0 Å². The molecule has 1 aromatic heterocycles.